The van der Waals surface area contributed by atoms with Gasteiger partial charge in [-0.15, -0.1) is 0 Å². The number of halogens is 5. The lowest BCUT2D eigenvalue weighted by Gasteiger charge is -2.30. The summed E-state index contributed by atoms with van der Waals surface area (Å²) in [6.07, 6.45) is -4.75. The Morgan fingerprint density at radius 1 is 1.15 bits per heavy atom. The van der Waals surface area contributed by atoms with Gasteiger partial charge in [0.15, 0.2) is 19.7 Å². The van der Waals surface area contributed by atoms with Crippen molar-refractivity contribution in [2.75, 3.05) is 31.6 Å². The van der Waals surface area contributed by atoms with Crippen LogP contribution in [0.2, 0.25) is 0 Å². The average molecular weight is 467 g/mol. The quantitative estimate of drug-likeness (QED) is 0.437. The molecule has 2 aliphatic heterocycles. The monoisotopic (exact) mass is 467 g/mol. The summed E-state index contributed by atoms with van der Waals surface area (Å²) < 4.78 is 81.3. The highest BCUT2D eigenvalue weighted by Crippen LogP contribution is 2.37. The van der Waals surface area contributed by atoms with Crippen molar-refractivity contribution in [1.82, 2.24) is 9.97 Å². The zero-order valence-electron chi connectivity index (χ0n) is 17.5. The van der Waals surface area contributed by atoms with Crippen LogP contribution in [0.1, 0.15) is 24.4 Å². The number of nitrogens with one attached hydrogen (secondary N) is 2. The number of fused-ring (bicyclic) bond motifs is 2. The number of rotatable bonds is 2. The first-order chi connectivity index (χ1) is 15.7. The third kappa shape index (κ3) is 4.12. The van der Waals surface area contributed by atoms with Crippen LogP contribution in [0, 0.1) is 11.6 Å². The first-order valence-corrected chi connectivity index (χ1v) is 10.4. The van der Waals surface area contributed by atoms with Crippen LogP contribution in [0.25, 0.3) is 11.0 Å². The van der Waals surface area contributed by atoms with Crippen molar-refractivity contribution in [2.45, 2.75) is 25.2 Å². The second-order valence-electron chi connectivity index (χ2n) is 8.10. The minimum atomic E-state index is -4.71. The lowest BCUT2D eigenvalue weighted by atomic mass is 9.97. The molecule has 11 heteroatoms. The van der Waals surface area contributed by atoms with Crippen LogP contribution in [-0.4, -0.2) is 52.7 Å². The predicted octanol–water partition coefficient (Wildman–Crippen LogP) is 4.28. The number of aromatic nitrogens is 2. The van der Waals surface area contributed by atoms with Crippen molar-refractivity contribution in [3.8, 4) is 5.75 Å². The molecule has 1 saturated heterocycles. The van der Waals surface area contributed by atoms with Gasteiger partial charge in [-0.3, -0.25) is 0 Å². The minimum absolute atomic E-state index is 0.0388. The normalized spacial score (nSPS) is 23.3. The third-order valence-corrected chi connectivity index (χ3v) is 5.76. The SMILES string of the molecule is C[C@@H]1C[N+](=C2COc3cc(F)ccc3[C@@H]2Nc2cc(F)cc3[nH]c(C(F)(F)F)nc23)CCO1. The Labute approximate surface area is 185 Å². The molecular weight excluding hydrogens is 447 g/mol. The number of alkyl halides is 3. The largest absolute Gasteiger partial charge is 0.482 e. The third-order valence-electron chi connectivity index (χ3n) is 5.76. The summed E-state index contributed by atoms with van der Waals surface area (Å²) >= 11 is 0. The molecule has 2 N–H and O–H groups in total. The van der Waals surface area contributed by atoms with E-state index in [4.69, 9.17) is 9.47 Å². The molecule has 6 nitrogen and oxygen atoms in total. The fourth-order valence-electron chi connectivity index (χ4n) is 4.28. The van der Waals surface area contributed by atoms with Gasteiger partial charge in [-0.1, -0.05) is 0 Å². The summed E-state index contributed by atoms with van der Waals surface area (Å²) in [5.74, 6) is -2.11. The summed E-state index contributed by atoms with van der Waals surface area (Å²) in [4.78, 5) is 5.80. The average Bonchev–Trinajstić information content (AvgIpc) is 3.18. The van der Waals surface area contributed by atoms with Gasteiger partial charge in [0.1, 0.15) is 41.7 Å². The van der Waals surface area contributed by atoms with E-state index < -0.39 is 29.7 Å². The number of imidazole rings is 1. The number of hydrogen-bond donors (Lipinski definition) is 2. The molecule has 0 radical (unpaired) electrons. The van der Waals surface area contributed by atoms with Gasteiger partial charge in [-0.05, 0) is 31.2 Å². The molecule has 174 valence electrons. The first kappa shape index (κ1) is 21.6. The maximum atomic E-state index is 14.3. The number of aromatic amines is 1. The Hall–Kier alpha value is -3.21. The van der Waals surface area contributed by atoms with Gasteiger partial charge in [-0.25, -0.2) is 18.3 Å². The number of ether oxygens (including phenoxy) is 2. The number of anilines is 1. The highest BCUT2D eigenvalue weighted by atomic mass is 19.4. The van der Waals surface area contributed by atoms with Crippen molar-refractivity contribution in [3.63, 3.8) is 0 Å². The van der Waals surface area contributed by atoms with Gasteiger partial charge < -0.3 is 19.8 Å². The Kier molecular flexibility index (Phi) is 5.23. The van der Waals surface area contributed by atoms with Crippen LogP contribution in [0.15, 0.2) is 30.3 Å². The number of benzene rings is 2. The van der Waals surface area contributed by atoms with E-state index in [9.17, 15) is 22.0 Å². The fourth-order valence-corrected chi connectivity index (χ4v) is 4.28. The van der Waals surface area contributed by atoms with Gasteiger partial charge in [0.25, 0.3) is 0 Å². The minimum Gasteiger partial charge on any atom is -0.482 e. The molecule has 3 heterocycles. The van der Waals surface area contributed by atoms with Gasteiger partial charge >= 0.3 is 6.18 Å². The van der Waals surface area contributed by atoms with Crippen LogP contribution in [0.3, 0.4) is 0 Å². The summed E-state index contributed by atoms with van der Waals surface area (Å²) in [6.45, 7) is 3.71. The summed E-state index contributed by atoms with van der Waals surface area (Å²) in [6, 6.07) is 5.54. The van der Waals surface area contributed by atoms with Crippen molar-refractivity contribution in [1.29, 1.82) is 0 Å². The molecule has 5 rings (SSSR count). The molecule has 2 aliphatic rings. The molecule has 1 fully saturated rings. The molecule has 0 saturated carbocycles. The smallest absolute Gasteiger partial charge is 0.449 e. The van der Waals surface area contributed by atoms with Crippen molar-refractivity contribution in [3.05, 3.63) is 53.4 Å². The van der Waals surface area contributed by atoms with Crippen LogP contribution in [0.4, 0.5) is 27.6 Å². The molecule has 0 unspecified atom stereocenters. The van der Waals surface area contributed by atoms with Crippen molar-refractivity contribution >= 4 is 22.4 Å². The second-order valence-corrected chi connectivity index (χ2v) is 8.10. The molecular formula is C22H20F5N4O2+. The first-order valence-electron chi connectivity index (χ1n) is 10.4. The van der Waals surface area contributed by atoms with Gasteiger partial charge in [-0.2, -0.15) is 13.2 Å². The Morgan fingerprint density at radius 2 is 1.97 bits per heavy atom. The van der Waals surface area contributed by atoms with E-state index in [1.165, 1.54) is 12.1 Å². The van der Waals surface area contributed by atoms with E-state index in [2.05, 4.69) is 19.9 Å². The van der Waals surface area contributed by atoms with Gasteiger partial charge in [0.2, 0.25) is 11.5 Å². The number of H-pyrrole nitrogens is 1. The highest BCUT2D eigenvalue weighted by Gasteiger charge is 2.38. The van der Waals surface area contributed by atoms with Crippen LogP contribution >= 0.6 is 0 Å². The summed E-state index contributed by atoms with van der Waals surface area (Å²) in [5.41, 5.74) is 1.32. The second kappa shape index (κ2) is 7.98. The van der Waals surface area contributed by atoms with E-state index in [1.54, 1.807) is 6.07 Å². The van der Waals surface area contributed by atoms with E-state index in [1.807, 2.05) is 6.92 Å². The topological polar surface area (TPSA) is 62.2 Å². The van der Waals surface area contributed by atoms with Crippen LogP contribution < -0.4 is 10.1 Å². The maximum Gasteiger partial charge on any atom is 0.449 e. The van der Waals surface area contributed by atoms with Crippen LogP contribution in [-0.2, 0) is 10.9 Å². The van der Waals surface area contributed by atoms with Gasteiger partial charge in [0, 0.05) is 11.6 Å². The lowest BCUT2D eigenvalue weighted by molar-refractivity contribution is -0.560. The number of morpholine rings is 1. The Bertz CT molecular complexity index is 1250. The predicted molar refractivity (Wildman–Crippen MR) is 110 cm³/mol. The summed E-state index contributed by atoms with van der Waals surface area (Å²) in [7, 11) is 0. The molecule has 0 aliphatic carbocycles. The van der Waals surface area contributed by atoms with Gasteiger partial charge in [0.05, 0.1) is 11.2 Å². The zero-order valence-corrected chi connectivity index (χ0v) is 17.5. The Balaban J connectivity index is 1.63. The van der Waals surface area contributed by atoms with E-state index >= 15 is 0 Å². The zero-order chi connectivity index (χ0) is 23.3. The van der Waals surface area contributed by atoms with E-state index in [0.717, 1.165) is 17.8 Å². The molecule has 3 aromatic rings. The van der Waals surface area contributed by atoms with E-state index in [-0.39, 0.29) is 29.4 Å². The molecule has 33 heavy (non-hydrogen) atoms. The molecule has 0 spiro atoms. The van der Waals surface area contributed by atoms with Crippen LogP contribution in [0.5, 0.6) is 5.75 Å². The van der Waals surface area contributed by atoms with E-state index in [0.29, 0.717) is 31.0 Å². The molecule has 0 amide bonds. The maximum absolute atomic E-state index is 14.3. The highest BCUT2D eigenvalue weighted by molar-refractivity contribution is 5.96. The molecule has 2 aromatic carbocycles. The van der Waals surface area contributed by atoms with Crippen molar-refractivity contribution in [2.24, 2.45) is 0 Å². The lowest BCUT2D eigenvalue weighted by Crippen LogP contribution is -2.44. The molecule has 0 bridgehead atoms. The number of nitrogens with zero attached hydrogens (tertiary/aromatic N) is 2. The Morgan fingerprint density at radius 3 is 2.73 bits per heavy atom. The van der Waals surface area contributed by atoms with Crippen molar-refractivity contribution < 1.29 is 36.0 Å². The standard InChI is InChI=1S/C22H20F5N4O2/c1-11-9-31(4-5-32-11)17-10-33-18-8-12(23)2-3-14(18)19(17)28-15-6-13(24)7-16-20(15)30-21(29-16)22(25,26)27/h2-3,6-8,11,19,28H,4-5,9-10H2,1H3,(H,29,30)/q+1/t11-,19+/m1/s1. The number of hydrogen-bond acceptors (Lipinski definition) is 4. The summed E-state index contributed by atoms with van der Waals surface area (Å²) in [5, 5.41) is 3.16. The molecule has 2 atom stereocenters. The molecule has 1 aromatic heterocycles. The fraction of sp³-hybridized carbons (Fsp3) is 0.364.